The summed E-state index contributed by atoms with van der Waals surface area (Å²) in [6, 6.07) is 5.07. The van der Waals surface area contributed by atoms with Crippen molar-refractivity contribution in [1.29, 1.82) is 0 Å². The third kappa shape index (κ3) is 3.16. The minimum atomic E-state index is -3.26. The molecule has 1 aromatic carbocycles. The molecule has 114 valence electrons. The van der Waals surface area contributed by atoms with E-state index in [-0.39, 0.29) is 22.7 Å². The van der Waals surface area contributed by atoms with Gasteiger partial charge in [-0.15, -0.1) is 0 Å². The number of carbonyl (C=O) groups excluding carboxylic acids is 1. The fourth-order valence-electron chi connectivity index (χ4n) is 2.41. The van der Waals surface area contributed by atoms with Crippen molar-refractivity contribution in [3.63, 3.8) is 0 Å². The molecular formula is C14H17ClN2O3S. The van der Waals surface area contributed by atoms with E-state index in [0.29, 0.717) is 24.2 Å². The number of hydrogen-bond acceptors (Lipinski definition) is 3. The van der Waals surface area contributed by atoms with Crippen LogP contribution in [-0.2, 0) is 10.0 Å². The maximum atomic E-state index is 12.1. The monoisotopic (exact) mass is 328 g/mol. The summed E-state index contributed by atoms with van der Waals surface area (Å²) in [5.41, 5.74) is 0.921. The first-order valence-corrected chi connectivity index (χ1v) is 9.07. The van der Waals surface area contributed by atoms with Crippen LogP contribution in [0.3, 0.4) is 0 Å². The van der Waals surface area contributed by atoms with Gasteiger partial charge in [0.15, 0.2) is 0 Å². The molecule has 3 rings (SSSR count). The van der Waals surface area contributed by atoms with Crippen molar-refractivity contribution in [2.24, 2.45) is 0 Å². The topological polar surface area (TPSA) is 66.5 Å². The zero-order chi connectivity index (χ0) is 15.0. The van der Waals surface area contributed by atoms with Crippen LogP contribution in [0.5, 0.6) is 0 Å². The first-order chi connectivity index (χ1) is 9.97. The molecule has 5 nitrogen and oxygen atoms in total. The first kappa shape index (κ1) is 14.7. The molecule has 7 heteroatoms. The lowest BCUT2D eigenvalue weighted by molar-refractivity contribution is 0.0951. The predicted molar refractivity (Wildman–Crippen MR) is 82.3 cm³/mol. The molecule has 0 bridgehead atoms. The summed E-state index contributed by atoms with van der Waals surface area (Å²) in [6.07, 6.45) is 3.54. The molecule has 2 fully saturated rings. The zero-order valence-corrected chi connectivity index (χ0v) is 13.1. The van der Waals surface area contributed by atoms with Crippen molar-refractivity contribution in [1.82, 2.24) is 5.32 Å². The third-order valence-corrected chi connectivity index (χ3v) is 5.93. The number of hydrogen-bond donors (Lipinski definition) is 1. The van der Waals surface area contributed by atoms with Crippen molar-refractivity contribution in [2.45, 2.75) is 31.7 Å². The van der Waals surface area contributed by atoms with Crippen molar-refractivity contribution in [2.75, 3.05) is 16.6 Å². The molecule has 0 aromatic heterocycles. The zero-order valence-electron chi connectivity index (χ0n) is 11.5. The summed E-state index contributed by atoms with van der Waals surface area (Å²) >= 11 is 6.16. The molecule has 1 amide bonds. The second-order valence-electron chi connectivity index (χ2n) is 5.51. The average molecular weight is 329 g/mol. The standard InChI is InChI=1S/C14H17ClN2O3S/c15-13-9-11(17-7-1-2-8-21(17,19)20)5-6-12(13)14(18)16-10-3-4-10/h5-6,9-10H,1-4,7-8H2,(H,16,18). The Morgan fingerprint density at radius 3 is 2.67 bits per heavy atom. The van der Waals surface area contributed by atoms with E-state index < -0.39 is 10.0 Å². The average Bonchev–Trinajstić information content (AvgIpc) is 3.21. The smallest absolute Gasteiger partial charge is 0.253 e. The Balaban J connectivity index is 1.84. The lowest BCUT2D eigenvalue weighted by atomic mass is 10.2. The Hall–Kier alpha value is -1.27. The van der Waals surface area contributed by atoms with E-state index in [9.17, 15) is 13.2 Å². The molecule has 1 aliphatic heterocycles. The minimum Gasteiger partial charge on any atom is -0.349 e. The summed E-state index contributed by atoms with van der Waals surface area (Å²) < 4.78 is 25.5. The first-order valence-electron chi connectivity index (χ1n) is 7.08. The minimum absolute atomic E-state index is 0.161. The van der Waals surface area contributed by atoms with Crippen molar-refractivity contribution in [3.8, 4) is 0 Å². The van der Waals surface area contributed by atoms with Crippen LogP contribution in [-0.4, -0.2) is 32.7 Å². The van der Waals surface area contributed by atoms with Crippen molar-refractivity contribution in [3.05, 3.63) is 28.8 Å². The van der Waals surface area contributed by atoms with E-state index in [1.807, 2.05) is 0 Å². The van der Waals surface area contributed by atoms with E-state index in [0.717, 1.165) is 19.3 Å². The quantitative estimate of drug-likeness (QED) is 0.924. The van der Waals surface area contributed by atoms with Gasteiger partial charge in [0.1, 0.15) is 0 Å². The maximum absolute atomic E-state index is 12.1. The molecule has 1 N–H and O–H groups in total. The fraction of sp³-hybridized carbons (Fsp3) is 0.500. The van der Waals surface area contributed by atoms with Crippen LogP contribution in [0.15, 0.2) is 18.2 Å². The number of anilines is 1. The lowest BCUT2D eigenvalue weighted by Crippen LogP contribution is -2.37. The van der Waals surface area contributed by atoms with Crippen LogP contribution < -0.4 is 9.62 Å². The molecule has 0 spiro atoms. The second kappa shape index (κ2) is 5.50. The van der Waals surface area contributed by atoms with Gasteiger partial charge in [0.2, 0.25) is 10.0 Å². The fourth-order valence-corrected chi connectivity index (χ4v) is 4.30. The van der Waals surface area contributed by atoms with E-state index in [2.05, 4.69) is 5.32 Å². The SMILES string of the molecule is O=C(NC1CC1)c1ccc(N2CCCCS2(=O)=O)cc1Cl. The van der Waals surface area contributed by atoms with Crippen LogP contribution in [0, 0.1) is 0 Å². The molecule has 1 saturated carbocycles. The van der Waals surface area contributed by atoms with Gasteiger partial charge >= 0.3 is 0 Å². The molecule has 1 aromatic rings. The number of carbonyl (C=O) groups is 1. The highest BCUT2D eigenvalue weighted by molar-refractivity contribution is 7.92. The summed E-state index contributed by atoms with van der Waals surface area (Å²) in [4.78, 5) is 12.0. The molecule has 0 radical (unpaired) electrons. The van der Waals surface area contributed by atoms with Crippen molar-refractivity contribution >= 4 is 33.2 Å². The molecule has 0 unspecified atom stereocenters. The summed E-state index contributed by atoms with van der Waals surface area (Å²) in [6.45, 7) is 0.465. The summed E-state index contributed by atoms with van der Waals surface area (Å²) in [5.74, 6) is -0.0373. The highest BCUT2D eigenvalue weighted by Crippen LogP contribution is 2.29. The Bertz CT molecular complexity index is 671. The molecule has 1 aliphatic carbocycles. The van der Waals surface area contributed by atoms with Crippen LogP contribution in [0.2, 0.25) is 5.02 Å². The maximum Gasteiger partial charge on any atom is 0.253 e. The lowest BCUT2D eigenvalue weighted by Gasteiger charge is -2.28. The molecule has 2 aliphatic rings. The van der Waals surface area contributed by atoms with Gasteiger partial charge in [-0.3, -0.25) is 9.10 Å². The molecule has 21 heavy (non-hydrogen) atoms. The van der Waals surface area contributed by atoms with Gasteiger partial charge in [-0.05, 0) is 43.9 Å². The summed E-state index contributed by atoms with van der Waals surface area (Å²) in [5, 5.41) is 3.15. The van der Waals surface area contributed by atoms with Gasteiger partial charge in [0, 0.05) is 12.6 Å². The molecular weight excluding hydrogens is 312 g/mol. The van der Waals surface area contributed by atoms with Crippen LogP contribution in [0.4, 0.5) is 5.69 Å². The van der Waals surface area contributed by atoms with Crippen LogP contribution in [0.25, 0.3) is 0 Å². The van der Waals surface area contributed by atoms with Gasteiger partial charge in [-0.1, -0.05) is 11.6 Å². The number of amides is 1. The number of rotatable bonds is 3. The van der Waals surface area contributed by atoms with E-state index >= 15 is 0 Å². The number of sulfonamides is 1. The Labute approximate surface area is 129 Å². The Morgan fingerprint density at radius 2 is 2.05 bits per heavy atom. The molecule has 0 atom stereocenters. The van der Waals surface area contributed by atoms with E-state index in [4.69, 9.17) is 11.6 Å². The van der Waals surface area contributed by atoms with Gasteiger partial charge in [0.05, 0.1) is 22.0 Å². The van der Waals surface area contributed by atoms with Crippen molar-refractivity contribution < 1.29 is 13.2 Å². The van der Waals surface area contributed by atoms with E-state index in [1.165, 1.54) is 4.31 Å². The van der Waals surface area contributed by atoms with E-state index in [1.54, 1.807) is 18.2 Å². The highest BCUT2D eigenvalue weighted by atomic mass is 35.5. The number of halogens is 1. The summed E-state index contributed by atoms with van der Waals surface area (Å²) in [7, 11) is -3.26. The van der Waals surface area contributed by atoms with Gasteiger partial charge in [-0.2, -0.15) is 0 Å². The van der Waals surface area contributed by atoms with Gasteiger partial charge < -0.3 is 5.32 Å². The Morgan fingerprint density at radius 1 is 1.29 bits per heavy atom. The van der Waals surface area contributed by atoms with Gasteiger partial charge in [0.25, 0.3) is 5.91 Å². The normalized spacial score (nSPS) is 21.1. The number of nitrogens with one attached hydrogen (secondary N) is 1. The van der Waals surface area contributed by atoms with Gasteiger partial charge in [-0.25, -0.2) is 8.42 Å². The molecule has 1 saturated heterocycles. The van der Waals surface area contributed by atoms with Crippen LogP contribution in [0.1, 0.15) is 36.0 Å². The highest BCUT2D eigenvalue weighted by Gasteiger charge is 2.28. The molecule has 1 heterocycles. The number of benzene rings is 1. The largest absolute Gasteiger partial charge is 0.349 e. The third-order valence-electron chi connectivity index (χ3n) is 3.75. The Kier molecular flexibility index (Phi) is 3.84. The predicted octanol–water partition coefficient (Wildman–Crippen LogP) is 2.16. The second-order valence-corrected chi connectivity index (χ2v) is 7.93. The number of nitrogens with zero attached hydrogens (tertiary/aromatic N) is 1. The van der Waals surface area contributed by atoms with Crippen LogP contribution >= 0.6 is 11.6 Å².